The molecule has 5 heteroatoms. The van der Waals surface area contributed by atoms with Gasteiger partial charge in [0, 0.05) is 32.0 Å². The number of likely N-dealkylation sites (tertiary alicyclic amines) is 1. The second kappa shape index (κ2) is 5.48. The highest BCUT2D eigenvalue weighted by Crippen LogP contribution is 2.40. The summed E-state index contributed by atoms with van der Waals surface area (Å²) < 4.78 is 11.4. The van der Waals surface area contributed by atoms with Gasteiger partial charge in [0.2, 0.25) is 5.91 Å². The van der Waals surface area contributed by atoms with Gasteiger partial charge < -0.3 is 14.4 Å². The summed E-state index contributed by atoms with van der Waals surface area (Å²) in [5.74, 6) is 1.27. The topological polar surface area (TPSA) is 55.8 Å². The zero-order valence-corrected chi connectivity index (χ0v) is 12.6. The van der Waals surface area contributed by atoms with Crippen molar-refractivity contribution in [2.45, 2.75) is 24.9 Å². The predicted molar refractivity (Wildman–Crippen MR) is 81.3 cm³/mol. The van der Waals surface area contributed by atoms with E-state index in [0.29, 0.717) is 49.4 Å². The number of nitrogens with zero attached hydrogens (tertiary/aromatic N) is 1. The molecule has 1 saturated heterocycles. The second-order valence-electron chi connectivity index (χ2n) is 5.78. The number of Topliss-reactive ketones (excluding diaryl/α,β-unsaturated/α-hetero) is 1. The summed E-state index contributed by atoms with van der Waals surface area (Å²) in [5, 5.41) is 0. The smallest absolute Gasteiger partial charge is 0.245 e. The molecule has 0 bridgehead atoms. The van der Waals surface area contributed by atoms with Crippen LogP contribution in [-0.2, 0) is 4.79 Å². The molecule has 22 heavy (non-hydrogen) atoms. The molecule has 0 unspecified atom stereocenters. The van der Waals surface area contributed by atoms with Crippen LogP contribution in [0, 0.1) is 0 Å². The van der Waals surface area contributed by atoms with Gasteiger partial charge in [-0.2, -0.15) is 0 Å². The van der Waals surface area contributed by atoms with E-state index in [0.717, 1.165) is 0 Å². The van der Waals surface area contributed by atoms with Gasteiger partial charge in [0.15, 0.2) is 5.78 Å². The van der Waals surface area contributed by atoms with Crippen LogP contribution in [0.3, 0.4) is 0 Å². The number of ketones is 1. The Kier molecular flexibility index (Phi) is 3.64. The Labute approximate surface area is 129 Å². The van der Waals surface area contributed by atoms with E-state index in [1.165, 1.54) is 6.08 Å². The van der Waals surface area contributed by atoms with E-state index in [2.05, 4.69) is 6.58 Å². The lowest BCUT2D eigenvalue weighted by Crippen LogP contribution is -2.52. The van der Waals surface area contributed by atoms with Gasteiger partial charge in [-0.05, 0) is 18.2 Å². The van der Waals surface area contributed by atoms with Crippen LogP contribution in [0.15, 0.2) is 30.9 Å². The molecular formula is C17H19NO4. The van der Waals surface area contributed by atoms with Crippen LogP contribution in [-0.4, -0.2) is 42.4 Å². The number of methoxy groups -OCH3 is 1. The fraction of sp³-hybridized carbons (Fsp3) is 0.412. The molecule has 5 nitrogen and oxygen atoms in total. The third-order valence-corrected chi connectivity index (χ3v) is 4.46. The number of hydrogen-bond acceptors (Lipinski definition) is 4. The predicted octanol–water partition coefficient (Wildman–Crippen LogP) is 2.21. The van der Waals surface area contributed by atoms with E-state index in [1.807, 2.05) is 0 Å². The second-order valence-corrected chi connectivity index (χ2v) is 5.78. The van der Waals surface area contributed by atoms with E-state index in [4.69, 9.17) is 9.47 Å². The van der Waals surface area contributed by atoms with Crippen molar-refractivity contribution in [3.63, 3.8) is 0 Å². The lowest BCUT2D eigenvalue weighted by Gasteiger charge is -2.43. The molecule has 2 aliphatic rings. The van der Waals surface area contributed by atoms with Gasteiger partial charge in [0.25, 0.3) is 0 Å². The number of ether oxygens (including phenoxy) is 2. The molecule has 3 rings (SSSR count). The molecule has 0 radical (unpaired) electrons. The van der Waals surface area contributed by atoms with Crippen molar-refractivity contribution in [1.29, 1.82) is 0 Å². The van der Waals surface area contributed by atoms with E-state index < -0.39 is 5.60 Å². The molecule has 1 aromatic rings. The first-order valence-electron chi connectivity index (χ1n) is 7.38. The molecule has 2 heterocycles. The fourth-order valence-electron chi connectivity index (χ4n) is 3.14. The maximum absolute atomic E-state index is 12.4. The standard InChI is InChI=1S/C17H19NO4/c1-3-16(20)18-8-6-17(7-9-18)11-14(19)13-5-4-12(21-2)10-15(13)22-17/h3-5,10H,1,6-9,11H2,2H3. The first-order valence-corrected chi connectivity index (χ1v) is 7.38. The molecule has 1 amide bonds. The van der Waals surface area contributed by atoms with Crippen molar-refractivity contribution in [2.24, 2.45) is 0 Å². The third kappa shape index (κ3) is 2.47. The minimum absolute atomic E-state index is 0.0703. The largest absolute Gasteiger partial charge is 0.497 e. The average molecular weight is 301 g/mol. The number of amides is 1. The quantitative estimate of drug-likeness (QED) is 0.786. The zero-order valence-electron chi connectivity index (χ0n) is 12.6. The molecule has 0 aromatic heterocycles. The number of benzene rings is 1. The zero-order chi connectivity index (χ0) is 15.7. The molecule has 0 aliphatic carbocycles. The van der Waals surface area contributed by atoms with Crippen molar-refractivity contribution in [3.8, 4) is 11.5 Å². The molecule has 0 N–H and O–H groups in total. The Morgan fingerprint density at radius 1 is 1.41 bits per heavy atom. The highest BCUT2D eigenvalue weighted by atomic mass is 16.5. The van der Waals surface area contributed by atoms with Crippen LogP contribution in [0.25, 0.3) is 0 Å². The maximum Gasteiger partial charge on any atom is 0.245 e. The SMILES string of the molecule is C=CC(=O)N1CCC2(CC1)CC(=O)c1ccc(OC)cc1O2. The maximum atomic E-state index is 12.4. The van der Waals surface area contributed by atoms with Gasteiger partial charge in [-0.15, -0.1) is 0 Å². The first kappa shape index (κ1) is 14.6. The minimum Gasteiger partial charge on any atom is -0.497 e. The first-order chi connectivity index (χ1) is 10.6. The van der Waals surface area contributed by atoms with Gasteiger partial charge in [-0.25, -0.2) is 0 Å². The summed E-state index contributed by atoms with van der Waals surface area (Å²) >= 11 is 0. The van der Waals surface area contributed by atoms with Gasteiger partial charge >= 0.3 is 0 Å². The van der Waals surface area contributed by atoms with Crippen LogP contribution in [0.2, 0.25) is 0 Å². The number of carbonyl (C=O) groups excluding carboxylic acids is 2. The molecule has 116 valence electrons. The molecule has 0 saturated carbocycles. The van der Waals surface area contributed by atoms with Crippen LogP contribution >= 0.6 is 0 Å². The van der Waals surface area contributed by atoms with Crippen molar-refractivity contribution < 1.29 is 19.1 Å². The molecule has 1 fully saturated rings. The number of rotatable bonds is 2. The van der Waals surface area contributed by atoms with Crippen LogP contribution in [0.5, 0.6) is 11.5 Å². The summed E-state index contributed by atoms with van der Waals surface area (Å²) in [7, 11) is 1.58. The van der Waals surface area contributed by atoms with Gasteiger partial charge in [0.05, 0.1) is 19.1 Å². The lowest BCUT2D eigenvalue weighted by molar-refractivity contribution is -0.129. The van der Waals surface area contributed by atoms with Gasteiger partial charge in [-0.1, -0.05) is 6.58 Å². The summed E-state index contributed by atoms with van der Waals surface area (Å²) in [5.41, 5.74) is 0.102. The van der Waals surface area contributed by atoms with Gasteiger partial charge in [-0.3, -0.25) is 9.59 Å². The van der Waals surface area contributed by atoms with Crippen molar-refractivity contribution >= 4 is 11.7 Å². The van der Waals surface area contributed by atoms with Crippen LogP contribution in [0.1, 0.15) is 29.6 Å². The molecule has 2 aliphatic heterocycles. The summed E-state index contributed by atoms with van der Waals surface area (Å²) in [6, 6.07) is 5.28. The number of hydrogen-bond donors (Lipinski definition) is 0. The molecule has 1 aromatic carbocycles. The van der Waals surface area contributed by atoms with Crippen LogP contribution in [0.4, 0.5) is 0 Å². The lowest BCUT2D eigenvalue weighted by atomic mass is 9.82. The highest BCUT2D eigenvalue weighted by Gasteiger charge is 2.43. The van der Waals surface area contributed by atoms with Crippen molar-refractivity contribution in [3.05, 3.63) is 36.4 Å². The van der Waals surface area contributed by atoms with E-state index in [9.17, 15) is 9.59 Å². The average Bonchev–Trinajstić information content (AvgIpc) is 2.54. The summed E-state index contributed by atoms with van der Waals surface area (Å²) in [6.45, 7) is 4.67. The third-order valence-electron chi connectivity index (χ3n) is 4.46. The van der Waals surface area contributed by atoms with E-state index in [1.54, 1.807) is 30.2 Å². The Morgan fingerprint density at radius 3 is 2.77 bits per heavy atom. The van der Waals surface area contributed by atoms with Crippen LogP contribution < -0.4 is 9.47 Å². The molecule has 0 atom stereocenters. The summed E-state index contributed by atoms with van der Waals surface area (Å²) in [6.07, 6.45) is 2.98. The normalized spacial score (nSPS) is 19.3. The Hall–Kier alpha value is -2.30. The minimum atomic E-state index is -0.506. The van der Waals surface area contributed by atoms with Crippen molar-refractivity contribution in [2.75, 3.05) is 20.2 Å². The van der Waals surface area contributed by atoms with E-state index in [-0.39, 0.29) is 11.7 Å². The number of carbonyl (C=O) groups is 2. The summed E-state index contributed by atoms with van der Waals surface area (Å²) in [4.78, 5) is 25.8. The monoisotopic (exact) mass is 301 g/mol. The number of piperidine rings is 1. The Morgan fingerprint density at radius 2 is 2.14 bits per heavy atom. The Bertz CT molecular complexity index is 630. The fourth-order valence-corrected chi connectivity index (χ4v) is 3.14. The van der Waals surface area contributed by atoms with Gasteiger partial charge in [0.1, 0.15) is 17.1 Å². The molecule has 1 spiro atoms. The highest BCUT2D eigenvalue weighted by molar-refractivity contribution is 6.00. The Balaban J connectivity index is 1.81. The van der Waals surface area contributed by atoms with Crippen molar-refractivity contribution in [1.82, 2.24) is 4.90 Å². The number of fused-ring (bicyclic) bond motifs is 1. The van der Waals surface area contributed by atoms with E-state index >= 15 is 0 Å². The molecular weight excluding hydrogens is 282 g/mol.